The number of pyridine rings is 1. The van der Waals surface area contributed by atoms with Crippen LogP contribution < -0.4 is 5.32 Å². The van der Waals surface area contributed by atoms with E-state index in [0.29, 0.717) is 0 Å². The molecule has 0 aliphatic carbocycles. The van der Waals surface area contributed by atoms with Crippen molar-refractivity contribution in [2.75, 3.05) is 6.61 Å². The molecule has 0 radical (unpaired) electrons. The number of amides is 1. The number of ether oxygens (including phenoxy) is 1. The number of aliphatic hydroxyl groups excluding tert-OH is 1. The van der Waals surface area contributed by atoms with Crippen LogP contribution in [-0.4, -0.2) is 55.8 Å². The predicted molar refractivity (Wildman–Crippen MR) is 103 cm³/mol. The van der Waals surface area contributed by atoms with Crippen LogP contribution in [0, 0.1) is 0 Å². The monoisotopic (exact) mass is 387 g/mol. The van der Waals surface area contributed by atoms with Crippen molar-refractivity contribution in [1.29, 1.82) is 0 Å². The first-order valence-electron chi connectivity index (χ1n) is 10.0. The van der Waals surface area contributed by atoms with Crippen LogP contribution in [0.2, 0.25) is 0 Å². The summed E-state index contributed by atoms with van der Waals surface area (Å²) < 4.78 is 7.89. The first-order chi connectivity index (χ1) is 13.7. The van der Waals surface area contributed by atoms with E-state index in [1.54, 1.807) is 12.4 Å². The van der Waals surface area contributed by atoms with Crippen LogP contribution >= 0.6 is 0 Å². The summed E-state index contributed by atoms with van der Waals surface area (Å²) in [6.07, 6.45) is 9.71. The normalized spacial score (nSPS) is 22.1. The molecule has 3 atom stereocenters. The van der Waals surface area contributed by atoms with Gasteiger partial charge >= 0.3 is 0 Å². The Kier molecular flexibility index (Phi) is 7.50. The van der Waals surface area contributed by atoms with Crippen molar-refractivity contribution in [2.45, 2.75) is 70.2 Å². The van der Waals surface area contributed by atoms with E-state index < -0.39 is 0 Å². The lowest BCUT2D eigenvalue weighted by Crippen LogP contribution is -2.51. The van der Waals surface area contributed by atoms with E-state index in [-0.39, 0.29) is 37.2 Å². The Morgan fingerprint density at radius 1 is 1.43 bits per heavy atom. The summed E-state index contributed by atoms with van der Waals surface area (Å²) >= 11 is 0. The zero-order valence-corrected chi connectivity index (χ0v) is 16.3. The Balaban J connectivity index is 1.45. The van der Waals surface area contributed by atoms with E-state index in [0.717, 1.165) is 49.9 Å². The van der Waals surface area contributed by atoms with Gasteiger partial charge in [0.25, 0.3) is 0 Å². The molecule has 152 valence electrons. The zero-order valence-electron chi connectivity index (χ0n) is 16.3. The van der Waals surface area contributed by atoms with Crippen molar-refractivity contribution < 1.29 is 14.6 Å². The van der Waals surface area contributed by atoms with Crippen LogP contribution in [0.3, 0.4) is 0 Å². The Morgan fingerprint density at radius 2 is 2.32 bits per heavy atom. The summed E-state index contributed by atoms with van der Waals surface area (Å²) in [5, 5.41) is 21.0. The molecule has 8 heteroatoms. The maximum atomic E-state index is 12.3. The third-order valence-electron chi connectivity index (χ3n) is 5.00. The van der Waals surface area contributed by atoms with Gasteiger partial charge in [-0.05, 0) is 37.3 Å². The molecule has 2 aromatic heterocycles. The van der Waals surface area contributed by atoms with Gasteiger partial charge in [0, 0.05) is 25.1 Å². The molecule has 3 rings (SSSR count). The summed E-state index contributed by atoms with van der Waals surface area (Å²) in [6, 6.07) is 3.51. The van der Waals surface area contributed by atoms with Gasteiger partial charge in [-0.3, -0.25) is 14.5 Å². The number of aryl methyl sites for hydroxylation is 2. The number of aromatic nitrogens is 4. The number of aliphatic hydroxyl groups is 1. The Hall–Kier alpha value is -2.32. The lowest BCUT2D eigenvalue weighted by Gasteiger charge is -2.36. The molecule has 0 aromatic carbocycles. The molecule has 1 fully saturated rings. The van der Waals surface area contributed by atoms with Gasteiger partial charge < -0.3 is 15.2 Å². The molecule has 0 unspecified atom stereocenters. The molecule has 8 nitrogen and oxygen atoms in total. The van der Waals surface area contributed by atoms with Crippen molar-refractivity contribution in [3.8, 4) is 0 Å². The Bertz CT molecular complexity index is 736. The van der Waals surface area contributed by atoms with Crippen LogP contribution in [0.1, 0.15) is 43.9 Å². The molecular formula is C20H29N5O3. The van der Waals surface area contributed by atoms with Crippen LogP contribution in [-0.2, 0) is 28.9 Å². The highest BCUT2D eigenvalue weighted by Gasteiger charge is 2.31. The minimum absolute atomic E-state index is 0.0439. The second-order valence-electron chi connectivity index (χ2n) is 7.28. The third kappa shape index (κ3) is 5.84. The first kappa shape index (κ1) is 20.4. The van der Waals surface area contributed by atoms with Crippen molar-refractivity contribution in [3.63, 3.8) is 0 Å². The van der Waals surface area contributed by atoms with Gasteiger partial charge in [-0.25, -0.2) is 0 Å². The van der Waals surface area contributed by atoms with Crippen LogP contribution in [0.5, 0.6) is 0 Å². The SMILES string of the molecule is CCCc1cn(CC[C@@H]2CC[C@H](NC(=O)Cc3cccnc3)[C@H](CO)O2)nn1. The summed E-state index contributed by atoms with van der Waals surface area (Å²) in [4.78, 5) is 16.3. The molecule has 28 heavy (non-hydrogen) atoms. The second kappa shape index (κ2) is 10.3. The highest BCUT2D eigenvalue weighted by Crippen LogP contribution is 2.22. The predicted octanol–water partition coefficient (Wildman–Crippen LogP) is 1.28. The van der Waals surface area contributed by atoms with E-state index in [2.05, 4.69) is 27.5 Å². The largest absolute Gasteiger partial charge is 0.394 e. The number of nitrogens with zero attached hydrogens (tertiary/aromatic N) is 4. The van der Waals surface area contributed by atoms with E-state index in [4.69, 9.17) is 4.74 Å². The number of carbonyl (C=O) groups excluding carboxylic acids is 1. The fraction of sp³-hybridized carbons (Fsp3) is 0.600. The van der Waals surface area contributed by atoms with Crippen LogP contribution in [0.4, 0.5) is 0 Å². The van der Waals surface area contributed by atoms with E-state index in [9.17, 15) is 9.90 Å². The molecule has 1 aliphatic rings. The highest BCUT2D eigenvalue weighted by molar-refractivity contribution is 5.78. The fourth-order valence-corrected chi connectivity index (χ4v) is 3.55. The summed E-state index contributed by atoms with van der Waals surface area (Å²) in [5.41, 5.74) is 1.88. The smallest absolute Gasteiger partial charge is 0.224 e. The van der Waals surface area contributed by atoms with Crippen LogP contribution in [0.15, 0.2) is 30.7 Å². The number of carbonyl (C=O) groups is 1. The second-order valence-corrected chi connectivity index (χ2v) is 7.28. The topological polar surface area (TPSA) is 102 Å². The van der Waals surface area contributed by atoms with Gasteiger partial charge in [-0.15, -0.1) is 5.10 Å². The Labute approximate surface area is 165 Å². The number of hydrogen-bond donors (Lipinski definition) is 2. The fourth-order valence-electron chi connectivity index (χ4n) is 3.55. The highest BCUT2D eigenvalue weighted by atomic mass is 16.5. The minimum Gasteiger partial charge on any atom is -0.394 e. The van der Waals surface area contributed by atoms with E-state index in [1.165, 1.54) is 0 Å². The maximum absolute atomic E-state index is 12.3. The number of nitrogens with one attached hydrogen (secondary N) is 1. The quantitative estimate of drug-likeness (QED) is 0.672. The average Bonchev–Trinajstić information content (AvgIpc) is 3.15. The van der Waals surface area contributed by atoms with Crippen molar-refractivity contribution in [3.05, 3.63) is 42.0 Å². The molecule has 2 N–H and O–H groups in total. The minimum atomic E-state index is -0.386. The summed E-state index contributed by atoms with van der Waals surface area (Å²) in [6.45, 7) is 2.74. The van der Waals surface area contributed by atoms with Crippen molar-refractivity contribution >= 4 is 5.91 Å². The van der Waals surface area contributed by atoms with E-state index in [1.807, 2.05) is 23.0 Å². The first-order valence-corrected chi connectivity index (χ1v) is 10.0. The maximum Gasteiger partial charge on any atom is 0.224 e. The Morgan fingerprint density at radius 3 is 3.07 bits per heavy atom. The molecular weight excluding hydrogens is 358 g/mol. The molecule has 1 aliphatic heterocycles. The van der Waals surface area contributed by atoms with Crippen molar-refractivity contribution in [2.24, 2.45) is 0 Å². The van der Waals surface area contributed by atoms with Crippen molar-refractivity contribution in [1.82, 2.24) is 25.3 Å². The molecule has 0 bridgehead atoms. The van der Waals surface area contributed by atoms with Gasteiger partial charge in [0.2, 0.25) is 5.91 Å². The molecule has 1 saturated heterocycles. The van der Waals surface area contributed by atoms with E-state index >= 15 is 0 Å². The molecule has 3 heterocycles. The standard InChI is InChI=1S/C20H29N5O3/c1-2-4-16-13-25(24-23-16)10-8-17-6-7-18(19(14-26)28-17)22-20(27)11-15-5-3-9-21-12-15/h3,5,9,12-13,17-19,26H,2,4,6-8,10-11,14H2,1H3,(H,22,27)/t17-,18-,19-/m0/s1. The van der Waals surface area contributed by atoms with Gasteiger partial charge in [-0.2, -0.15) is 0 Å². The molecule has 2 aromatic rings. The molecule has 0 saturated carbocycles. The van der Waals surface area contributed by atoms with Gasteiger partial charge in [-0.1, -0.05) is 24.6 Å². The lowest BCUT2D eigenvalue weighted by molar-refractivity contribution is -0.128. The van der Waals surface area contributed by atoms with Crippen LogP contribution in [0.25, 0.3) is 0 Å². The molecule has 0 spiro atoms. The zero-order chi connectivity index (χ0) is 19.8. The lowest BCUT2D eigenvalue weighted by atomic mass is 9.97. The summed E-state index contributed by atoms with van der Waals surface area (Å²) in [5.74, 6) is -0.0791. The van der Waals surface area contributed by atoms with Gasteiger partial charge in [0.05, 0.1) is 30.9 Å². The van der Waals surface area contributed by atoms with Gasteiger partial charge in [0.15, 0.2) is 0 Å². The number of hydrogen-bond acceptors (Lipinski definition) is 6. The number of rotatable bonds is 9. The molecule has 1 amide bonds. The average molecular weight is 387 g/mol. The van der Waals surface area contributed by atoms with Gasteiger partial charge in [0.1, 0.15) is 6.10 Å². The third-order valence-corrected chi connectivity index (χ3v) is 5.00. The summed E-state index contributed by atoms with van der Waals surface area (Å²) in [7, 11) is 0.